The minimum absolute atomic E-state index is 0.690. The van der Waals surface area contributed by atoms with Gasteiger partial charge in [0, 0.05) is 0 Å². The van der Waals surface area contributed by atoms with E-state index in [0.717, 1.165) is 6.42 Å². The standard InChI is InChI=1S/C9H16/c1-4-5-6-7-8-9(2)3/h4-5,7-9H,6H2,1-3H3. The molecule has 0 heterocycles. The summed E-state index contributed by atoms with van der Waals surface area (Å²) in [5.74, 6) is 0.690. The average molecular weight is 124 g/mol. The summed E-state index contributed by atoms with van der Waals surface area (Å²) in [6, 6.07) is 0. The Morgan fingerprint density at radius 1 is 1.22 bits per heavy atom. The van der Waals surface area contributed by atoms with E-state index < -0.39 is 0 Å². The SMILES string of the molecule is CC=CCC=CC(C)C. The van der Waals surface area contributed by atoms with E-state index in [-0.39, 0.29) is 0 Å². The van der Waals surface area contributed by atoms with Crippen molar-refractivity contribution < 1.29 is 0 Å². The molecule has 0 amide bonds. The van der Waals surface area contributed by atoms with Crippen molar-refractivity contribution in [3.8, 4) is 0 Å². The number of hydrogen-bond acceptors (Lipinski definition) is 0. The van der Waals surface area contributed by atoms with Gasteiger partial charge in [-0.3, -0.25) is 0 Å². The highest BCUT2D eigenvalue weighted by Gasteiger charge is 1.79. The molecule has 0 aromatic heterocycles. The second-order valence-electron chi connectivity index (χ2n) is 2.48. The summed E-state index contributed by atoms with van der Waals surface area (Å²) in [6.45, 7) is 6.42. The van der Waals surface area contributed by atoms with E-state index in [1.165, 1.54) is 0 Å². The van der Waals surface area contributed by atoms with Crippen molar-refractivity contribution in [1.82, 2.24) is 0 Å². The van der Waals surface area contributed by atoms with Crippen molar-refractivity contribution >= 4 is 0 Å². The largest absolute Gasteiger partial charge is 0.0914 e. The van der Waals surface area contributed by atoms with Gasteiger partial charge in [-0.15, -0.1) is 0 Å². The van der Waals surface area contributed by atoms with E-state index in [2.05, 4.69) is 38.2 Å². The summed E-state index contributed by atoms with van der Waals surface area (Å²) >= 11 is 0. The van der Waals surface area contributed by atoms with Gasteiger partial charge in [0.15, 0.2) is 0 Å². The highest BCUT2D eigenvalue weighted by molar-refractivity contribution is 4.92. The maximum atomic E-state index is 2.22. The lowest BCUT2D eigenvalue weighted by Crippen LogP contribution is -1.75. The molecule has 52 valence electrons. The highest BCUT2D eigenvalue weighted by Crippen LogP contribution is 1.95. The predicted molar refractivity (Wildman–Crippen MR) is 43.4 cm³/mol. The fourth-order valence-corrected chi connectivity index (χ4v) is 0.565. The molecule has 0 aliphatic carbocycles. The van der Waals surface area contributed by atoms with Crippen molar-refractivity contribution in [3.05, 3.63) is 24.3 Å². The molecular weight excluding hydrogens is 108 g/mol. The van der Waals surface area contributed by atoms with Crippen LogP contribution in [0.25, 0.3) is 0 Å². The first-order valence-electron chi connectivity index (χ1n) is 3.55. The quantitative estimate of drug-likeness (QED) is 0.507. The molecule has 0 heteroatoms. The summed E-state index contributed by atoms with van der Waals surface area (Å²) < 4.78 is 0. The maximum Gasteiger partial charge on any atom is -0.0169 e. The molecule has 0 saturated carbocycles. The van der Waals surface area contributed by atoms with Crippen LogP contribution >= 0.6 is 0 Å². The zero-order chi connectivity index (χ0) is 7.11. The van der Waals surface area contributed by atoms with Gasteiger partial charge in [-0.05, 0) is 19.3 Å². The van der Waals surface area contributed by atoms with Gasteiger partial charge < -0.3 is 0 Å². The minimum atomic E-state index is 0.690. The van der Waals surface area contributed by atoms with Gasteiger partial charge in [-0.1, -0.05) is 38.2 Å². The minimum Gasteiger partial charge on any atom is -0.0914 e. The fourth-order valence-electron chi connectivity index (χ4n) is 0.565. The summed E-state index contributed by atoms with van der Waals surface area (Å²) in [5.41, 5.74) is 0. The van der Waals surface area contributed by atoms with Crippen molar-refractivity contribution in [3.63, 3.8) is 0 Å². The molecule has 0 spiro atoms. The van der Waals surface area contributed by atoms with Crippen molar-refractivity contribution in [1.29, 1.82) is 0 Å². The van der Waals surface area contributed by atoms with Crippen LogP contribution in [0.3, 0.4) is 0 Å². The van der Waals surface area contributed by atoms with E-state index in [1.54, 1.807) is 0 Å². The van der Waals surface area contributed by atoms with Crippen LogP contribution in [0.5, 0.6) is 0 Å². The Labute approximate surface area is 58.3 Å². The first-order valence-corrected chi connectivity index (χ1v) is 3.55. The van der Waals surface area contributed by atoms with Crippen molar-refractivity contribution in [2.75, 3.05) is 0 Å². The van der Waals surface area contributed by atoms with Crippen LogP contribution in [0.4, 0.5) is 0 Å². The summed E-state index contributed by atoms with van der Waals surface area (Å²) in [5, 5.41) is 0. The van der Waals surface area contributed by atoms with Crippen LogP contribution in [0.2, 0.25) is 0 Å². The van der Waals surface area contributed by atoms with Gasteiger partial charge in [0.25, 0.3) is 0 Å². The van der Waals surface area contributed by atoms with Crippen LogP contribution in [0.1, 0.15) is 27.2 Å². The van der Waals surface area contributed by atoms with Gasteiger partial charge in [-0.25, -0.2) is 0 Å². The Kier molecular flexibility index (Phi) is 5.29. The number of hydrogen-bond donors (Lipinski definition) is 0. The molecule has 0 aromatic carbocycles. The normalized spacial score (nSPS) is 12.4. The second kappa shape index (κ2) is 5.61. The lowest BCUT2D eigenvalue weighted by Gasteiger charge is -1.89. The predicted octanol–water partition coefficient (Wildman–Crippen LogP) is 3.16. The molecule has 0 aromatic rings. The second-order valence-corrected chi connectivity index (χ2v) is 2.48. The number of allylic oxidation sites excluding steroid dienone is 4. The van der Waals surface area contributed by atoms with Gasteiger partial charge in [0.05, 0.1) is 0 Å². The molecule has 0 unspecified atom stereocenters. The third-order valence-electron chi connectivity index (χ3n) is 1.03. The van der Waals surface area contributed by atoms with E-state index in [1.807, 2.05) is 6.92 Å². The third-order valence-corrected chi connectivity index (χ3v) is 1.03. The van der Waals surface area contributed by atoms with Crippen LogP contribution in [0.15, 0.2) is 24.3 Å². The van der Waals surface area contributed by atoms with Crippen molar-refractivity contribution in [2.45, 2.75) is 27.2 Å². The molecule has 0 nitrogen and oxygen atoms in total. The van der Waals surface area contributed by atoms with Gasteiger partial charge >= 0.3 is 0 Å². The topological polar surface area (TPSA) is 0 Å². The Morgan fingerprint density at radius 2 is 1.89 bits per heavy atom. The Hall–Kier alpha value is -0.520. The highest BCUT2D eigenvalue weighted by atomic mass is 13.9. The van der Waals surface area contributed by atoms with Crippen LogP contribution in [-0.4, -0.2) is 0 Å². The number of rotatable bonds is 3. The van der Waals surface area contributed by atoms with E-state index in [4.69, 9.17) is 0 Å². The molecule has 0 N–H and O–H groups in total. The first-order chi connectivity index (χ1) is 4.27. The Bertz CT molecular complexity index is 96.6. The van der Waals surface area contributed by atoms with Gasteiger partial charge in [-0.2, -0.15) is 0 Å². The van der Waals surface area contributed by atoms with E-state index in [9.17, 15) is 0 Å². The molecule has 0 saturated heterocycles. The van der Waals surface area contributed by atoms with Crippen molar-refractivity contribution in [2.24, 2.45) is 5.92 Å². The van der Waals surface area contributed by atoms with Gasteiger partial charge in [0.2, 0.25) is 0 Å². The first kappa shape index (κ1) is 8.48. The summed E-state index contributed by atoms with van der Waals surface area (Å²) in [7, 11) is 0. The van der Waals surface area contributed by atoms with E-state index in [0.29, 0.717) is 5.92 Å². The smallest absolute Gasteiger partial charge is 0.0169 e. The molecule has 0 aliphatic rings. The average Bonchev–Trinajstić information content (AvgIpc) is 1.80. The zero-order valence-corrected chi connectivity index (χ0v) is 6.59. The lowest BCUT2D eigenvalue weighted by molar-refractivity contribution is 0.828. The van der Waals surface area contributed by atoms with Gasteiger partial charge in [0.1, 0.15) is 0 Å². The third kappa shape index (κ3) is 7.48. The molecular formula is C9H16. The zero-order valence-electron chi connectivity index (χ0n) is 6.59. The Morgan fingerprint density at radius 3 is 2.33 bits per heavy atom. The lowest BCUT2D eigenvalue weighted by atomic mass is 10.2. The maximum absolute atomic E-state index is 2.22. The van der Waals surface area contributed by atoms with Crippen LogP contribution < -0.4 is 0 Å². The monoisotopic (exact) mass is 124 g/mol. The summed E-state index contributed by atoms with van der Waals surface area (Å²) in [4.78, 5) is 0. The molecule has 9 heavy (non-hydrogen) atoms. The fraction of sp³-hybridized carbons (Fsp3) is 0.556. The molecule has 0 fully saturated rings. The molecule has 0 radical (unpaired) electrons. The Balaban J connectivity index is 3.25. The molecule has 0 atom stereocenters. The molecule has 0 bridgehead atoms. The summed E-state index contributed by atoms with van der Waals surface area (Å²) in [6.07, 6.45) is 9.73. The molecule has 0 aliphatic heterocycles. The van der Waals surface area contributed by atoms with Crippen LogP contribution in [-0.2, 0) is 0 Å². The van der Waals surface area contributed by atoms with Crippen LogP contribution in [0, 0.1) is 5.92 Å². The van der Waals surface area contributed by atoms with E-state index >= 15 is 0 Å². The molecule has 0 rings (SSSR count).